The Kier molecular flexibility index (Phi) is 6.09. The molecular weight excluding hydrogens is 307 g/mol. The highest BCUT2D eigenvalue weighted by Crippen LogP contribution is 2.13. The van der Waals surface area contributed by atoms with Crippen LogP contribution in [0.5, 0.6) is 5.75 Å². The van der Waals surface area contributed by atoms with Gasteiger partial charge in [0.2, 0.25) is 5.91 Å². The molecule has 2 aromatic rings. The third-order valence-corrected chi connectivity index (χ3v) is 3.37. The minimum atomic E-state index is -0.281. The van der Waals surface area contributed by atoms with Crippen molar-refractivity contribution in [2.75, 3.05) is 14.1 Å². The molecule has 0 heterocycles. The molecule has 2 rings (SSSR count). The van der Waals surface area contributed by atoms with Crippen LogP contribution >= 0.6 is 0 Å². The quantitative estimate of drug-likeness (QED) is 0.802. The van der Waals surface area contributed by atoms with E-state index in [0.717, 1.165) is 5.56 Å². The summed E-state index contributed by atoms with van der Waals surface area (Å²) in [5.41, 5.74) is 2.05. The maximum absolute atomic E-state index is 14.0. The number of carbonyl (C=O) groups excluding carboxylic acids is 1. The van der Waals surface area contributed by atoms with Crippen molar-refractivity contribution in [1.82, 2.24) is 10.2 Å². The van der Waals surface area contributed by atoms with Crippen molar-refractivity contribution in [1.29, 1.82) is 0 Å². The highest BCUT2D eigenvalue weighted by molar-refractivity contribution is 5.91. The van der Waals surface area contributed by atoms with Crippen LogP contribution < -0.4 is 5.32 Å². The van der Waals surface area contributed by atoms with Gasteiger partial charge >= 0.3 is 0 Å². The standard InChI is InChI=1S/C19H21FN2O2/c1-22(2)13-16-8-6-15(11-18(16)20)12-21-19(24)9-7-14-4-3-5-17(23)10-14/h3-11,23H,12-13H2,1-2H3,(H,21,24)/b9-7+. The zero-order valence-corrected chi connectivity index (χ0v) is 13.8. The SMILES string of the molecule is CN(C)Cc1ccc(CNC(=O)/C=C/c2cccc(O)c2)cc1F. The summed E-state index contributed by atoms with van der Waals surface area (Å²) >= 11 is 0. The summed E-state index contributed by atoms with van der Waals surface area (Å²) in [4.78, 5) is 13.7. The van der Waals surface area contributed by atoms with Gasteiger partial charge in [-0.2, -0.15) is 0 Å². The summed E-state index contributed by atoms with van der Waals surface area (Å²) in [6, 6.07) is 11.6. The molecule has 2 aromatic carbocycles. The van der Waals surface area contributed by atoms with E-state index < -0.39 is 0 Å². The maximum Gasteiger partial charge on any atom is 0.244 e. The minimum Gasteiger partial charge on any atom is -0.508 e. The number of nitrogens with one attached hydrogen (secondary N) is 1. The summed E-state index contributed by atoms with van der Waals surface area (Å²) < 4.78 is 14.0. The first kappa shape index (κ1) is 17.7. The smallest absolute Gasteiger partial charge is 0.244 e. The summed E-state index contributed by atoms with van der Waals surface area (Å²) in [5.74, 6) is -0.410. The van der Waals surface area contributed by atoms with Gasteiger partial charge in [-0.1, -0.05) is 24.3 Å². The molecule has 0 radical (unpaired) electrons. The van der Waals surface area contributed by atoms with Crippen LogP contribution in [0.25, 0.3) is 6.08 Å². The number of carbonyl (C=O) groups is 1. The Morgan fingerprint density at radius 2 is 2.04 bits per heavy atom. The van der Waals surface area contributed by atoms with Crippen molar-refractivity contribution in [2.45, 2.75) is 13.1 Å². The number of aromatic hydroxyl groups is 1. The summed E-state index contributed by atoms with van der Waals surface area (Å²) in [6.45, 7) is 0.785. The Labute approximate surface area is 141 Å². The Bertz CT molecular complexity index is 742. The predicted octanol–water partition coefficient (Wildman–Crippen LogP) is 2.92. The summed E-state index contributed by atoms with van der Waals surface area (Å²) in [5, 5.41) is 12.1. The minimum absolute atomic E-state index is 0.144. The lowest BCUT2D eigenvalue weighted by Gasteiger charge is -2.11. The molecule has 0 aliphatic rings. The average molecular weight is 328 g/mol. The van der Waals surface area contributed by atoms with Gasteiger partial charge in [0.25, 0.3) is 0 Å². The van der Waals surface area contributed by atoms with Crippen molar-refractivity contribution < 1.29 is 14.3 Å². The summed E-state index contributed by atoms with van der Waals surface area (Å²) in [6.07, 6.45) is 2.99. The Morgan fingerprint density at radius 1 is 1.25 bits per heavy atom. The van der Waals surface area contributed by atoms with Gasteiger partial charge in [0.05, 0.1) is 0 Å². The first-order valence-electron chi connectivity index (χ1n) is 7.61. The van der Waals surface area contributed by atoms with Crippen molar-refractivity contribution >= 4 is 12.0 Å². The third-order valence-electron chi connectivity index (χ3n) is 3.37. The fourth-order valence-electron chi connectivity index (χ4n) is 2.22. The van der Waals surface area contributed by atoms with Crippen LogP contribution in [0.4, 0.5) is 4.39 Å². The zero-order valence-electron chi connectivity index (χ0n) is 13.8. The van der Waals surface area contributed by atoms with E-state index in [1.807, 2.05) is 19.0 Å². The van der Waals surface area contributed by atoms with E-state index in [-0.39, 0.29) is 24.0 Å². The molecule has 5 heteroatoms. The molecule has 24 heavy (non-hydrogen) atoms. The van der Waals surface area contributed by atoms with Crippen LogP contribution in [0, 0.1) is 5.82 Å². The van der Waals surface area contributed by atoms with Gasteiger partial charge in [-0.3, -0.25) is 4.79 Å². The molecule has 1 amide bonds. The van der Waals surface area contributed by atoms with Crippen LogP contribution in [0.3, 0.4) is 0 Å². The van der Waals surface area contributed by atoms with Gasteiger partial charge in [-0.05, 0) is 49.5 Å². The number of rotatable bonds is 6. The molecule has 0 aromatic heterocycles. The number of phenols is 1. The molecule has 2 N–H and O–H groups in total. The Hall–Kier alpha value is -2.66. The van der Waals surface area contributed by atoms with E-state index >= 15 is 0 Å². The fourth-order valence-corrected chi connectivity index (χ4v) is 2.22. The normalized spacial score (nSPS) is 11.2. The lowest BCUT2D eigenvalue weighted by molar-refractivity contribution is -0.116. The highest BCUT2D eigenvalue weighted by Gasteiger charge is 2.05. The van der Waals surface area contributed by atoms with E-state index in [0.29, 0.717) is 17.7 Å². The molecule has 0 unspecified atom stereocenters. The second-order valence-corrected chi connectivity index (χ2v) is 5.81. The Morgan fingerprint density at radius 3 is 2.71 bits per heavy atom. The van der Waals surface area contributed by atoms with Gasteiger partial charge in [0, 0.05) is 24.7 Å². The van der Waals surface area contributed by atoms with Crippen molar-refractivity contribution in [3.63, 3.8) is 0 Å². The number of phenolic OH excluding ortho intramolecular Hbond substituents is 1. The first-order chi connectivity index (χ1) is 11.4. The largest absolute Gasteiger partial charge is 0.508 e. The van der Waals surface area contributed by atoms with Gasteiger partial charge < -0.3 is 15.3 Å². The number of halogens is 1. The molecule has 0 fully saturated rings. The van der Waals surface area contributed by atoms with Crippen LogP contribution in [0.15, 0.2) is 48.5 Å². The predicted molar refractivity (Wildman–Crippen MR) is 92.8 cm³/mol. The van der Waals surface area contributed by atoms with Gasteiger partial charge in [-0.25, -0.2) is 4.39 Å². The topological polar surface area (TPSA) is 52.6 Å². The molecule has 0 spiro atoms. The molecule has 0 aliphatic heterocycles. The van der Waals surface area contributed by atoms with E-state index in [4.69, 9.17) is 0 Å². The van der Waals surface area contributed by atoms with Crippen LogP contribution in [-0.4, -0.2) is 30.0 Å². The highest BCUT2D eigenvalue weighted by atomic mass is 19.1. The monoisotopic (exact) mass is 328 g/mol. The second-order valence-electron chi connectivity index (χ2n) is 5.81. The second kappa shape index (κ2) is 8.26. The summed E-state index contributed by atoms with van der Waals surface area (Å²) in [7, 11) is 3.76. The lowest BCUT2D eigenvalue weighted by atomic mass is 10.1. The van der Waals surface area contributed by atoms with Gasteiger partial charge in [0.1, 0.15) is 11.6 Å². The zero-order chi connectivity index (χ0) is 17.5. The number of nitrogens with zero attached hydrogens (tertiary/aromatic N) is 1. The molecule has 0 saturated carbocycles. The van der Waals surface area contributed by atoms with Gasteiger partial charge in [0.15, 0.2) is 0 Å². The lowest BCUT2D eigenvalue weighted by Crippen LogP contribution is -2.20. The van der Waals surface area contributed by atoms with Crippen molar-refractivity contribution in [2.24, 2.45) is 0 Å². The molecule has 0 aliphatic carbocycles. The van der Waals surface area contributed by atoms with E-state index in [9.17, 15) is 14.3 Å². The van der Waals surface area contributed by atoms with Crippen LogP contribution in [0.1, 0.15) is 16.7 Å². The Balaban J connectivity index is 1.90. The molecule has 0 saturated heterocycles. The van der Waals surface area contributed by atoms with E-state index in [1.165, 1.54) is 12.1 Å². The van der Waals surface area contributed by atoms with Crippen LogP contribution in [0.2, 0.25) is 0 Å². The number of hydrogen-bond acceptors (Lipinski definition) is 3. The molecule has 126 valence electrons. The van der Waals surface area contributed by atoms with Crippen LogP contribution in [-0.2, 0) is 17.9 Å². The number of benzene rings is 2. The van der Waals surface area contributed by atoms with Crippen molar-refractivity contribution in [3.05, 3.63) is 71.0 Å². The maximum atomic E-state index is 14.0. The third kappa shape index (κ3) is 5.52. The van der Waals surface area contributed by atoms with Gasteiger partial charge in [-0.15, -0.1) is 0 Å². The fraction of sp³-hybridized carbons (Fsp3) is 0.211. The van der Waals surface area contributed by atoms with E-state index in [2.05, 4.69) is 5.32 Å². The molecular formula is C19H21FN2O2. The number of amides is 1. The molecule has 0 bridgehead atoms. The molecule has 0 atom stereocenters. The van der Waals surface area contributed by atoms with E-state index in [1.54, 1.807) is 42.5 Å². The number of hydrogen-bond donors (Lipinski definition) is 2. The van der Waals surface area contributed by atoms with Crippen molar-refractivity contribution in [3.8, 4) is 5.75 Å². The first-order valence-corrected chi connectivity index (χ1v) is 7.61. The molecule has 4 nitrogen and oxygen atoms in total. The average Bonchev–Trinajstić information content (AvgIpc) is 2.53.